The van der Waals surface area contributed by atoms with Gasteiger partial charge in [-0.3, -0.25) is 0 Å². The first-order valence-corrected chi connectivity index (χ1v) is 5.79. The summed E-state index contributed by atoms with van der Waals surface area (Å²) in [6.07, 6.45) is -0.573. The molecular weight excluding hydrogens is 235 g/mol. The molecule has 0 aromatic heterocycles. The Balaban J connectivity index is 1.72. The van der Waals surface area contributed by atoms with Crippen LogP contribution in [0.25, 0.3) is 0 Å². The molecule has 2 aliphatic rings. The highest BCUT2D eigenvalue weighted by atomic mass is 19.4. The number of amides is 2. The zero-order chi connectivity index (χ0) is 12.5. The van der Waals surface area contributed by atoms with Gasteiger partial charge in [0.2, 0.25) is 0 Å². The summed E-state index contributed by atoms with van der Waals surface area (Å²) in [6.45, 7) is -1.28. The van der Waals surface area contributed by atoms with Crippen LogP contribution < -0.4 is 16.0 Å². The molecule has 98 valence electrons. The number of carbonyl (C=O) groups is 1. The lowest BCUT2D eigenvalue weighted by Crippen LogP contribution is -2.51. The van der Waals surface area contributed by atoms with Gasteiger partial charge in [-0.05, 0) is 25.7 Å². The summed E-state index contributed by atoms with van der Waals surface area (Å²) in [6, 6.07) is 0.0685. The van der Waals surface area contributed by atoms with Gasteiger partial charge < -0.3 is 16.0 Å². The van der Waals surface area contributed by atoms with Gasteiger partial charge in [-0.15, -0.1) is 0 Å². The summed E-state index contributed by atoms with van der Waals surface area (Å²) in [7, 11) is 0. The number of piperidine rings is 1. The normalized spacial score (nSPS) is 32.3. The average Bonchev–Trinajstić information content (AvgIpc) is 2.54. The van der Waals surface area contributed by atoms with E-state index in [9.17, 15) is 18.0 Å². The van der Waals surface area contributed by atoms with E-state index < -0.39 is 18.8 Å². The van der Waals surface area contributed by atoms with Crippen molar-refractivity contribution in [3.8, 4) is 0 Å². The van der Waals surface area contributed by atoms with Crippen molar-refractivity contribution in [1.29, 1.82) is 0 Å². The molecule has 0 aromatic rings. The number of halogens is 3. The molecule has 2 fully saturated rings. The van der Waals surface area contributed by atoms with Crippen molar-refractivity contribution >= 4 is 6.03 Å². The Morgan fingerprint density at radius 1 is 1.24 bits per heavy atom. The Labute approximate surface area is 97.3 Å². The molecule has 2 saturated heterocycles. The highest BCUT2D eigenvalue weighted by Gasteiger charge is 2.34. The number of rotatable bonds is 2. The molecule has 0 spiro atoms. The van der Waals surface area contributed by atoms with Crippen molar-refractivity contribution in [3.05, 3.63) is 0 Å². The molecule has 2 unspecified atom stereocenters. The van der Waals surface area contributed by atoms with E-state index in [0.29, 0.717) is 12.1 Å². The third kappa shape index (κ3) is 3.76. The van der Waals surface area contributed by atoms with Gasteiger partial charge in [0.15, 0.2) is 0 Å². The molecular formula is C10H16F3N3O. The summed E-state index contributed by atoms with van der Waals surface area (Å²) in [4.78, 5) is 11.2. The first-order chi connectivity index (χ1) is 7.92. The first kappa shape index (κ1) is 12.5. The van der Waals surface area contributed by atoms with Gasteiger partial charge in [-0.2, -0.15) is 13.2 Å². The summed E-state index contributed by atoms with van der Waals surface area (Å²) in [5.41, 5.74) is 0. The Hall–Kier alpha value is -0.980. The molecule has 4 nitrogen and oxygen atoms in total. The van der Waals surface area contributed by atoms with E-state index in [1.807, 2.05) is 5.32 Å². The molecule has 2 atom stereocenters. The van der Waals surface area contributed by atoms with E-state index in [-0.39, 0.29) is 6.04 Å². The molecule has 7 heteroatoms. The quantitative estimate of drug-likeness (QED) is 0.689. The lowest BCUT2D eigenvalue weighted by Gasteiger charge is -2.29. The topological polar surface area (TPSA) is 53.2 Å². The standard InChI is InChI=1S/C10H16F3N3O/c11-10(12,13)5-14-9(17)16-8-3-6-1-2-7(4-8)15-6/h6-8,15H,1-5H2,(H2,14,16,17). The number of urea groups is 1. The van der Waals surface area contributed by atoms with E-state index in [1.165, 1.54) is 0 Å². The molecule has 2 aliphatic heterocycles. The van der Waals surface area contributed by atoms with Crippen molar-refractivity contribution in [2.75, 3.05) is 6.54 Å². The Bertz CT molecular complexity index is 283. The molecule has 0 aliphatic carbocycles. The summed E-state index contributed by atoms with van der Waals surface area (Å²) >= 11 is 0. The number of fused-ring (bicyclic) bond motifs is 2. The van der Waals surface area contributed by atoms with Crippen LogP contribution in [-0.2, 0) is 0 Å². The predicted octanol–water partition coefficient (Wildman–Crippen LogP) is 1.13. The van der Waals surface area contributed by atoms with Crippen molar-refractivity contribution in [2.24, 2.45) is 0 Å². The van der Waals surface area contributed by atoms with E-state index in [1.54, 1.807) is 0 Å². The first-order valence-electron chi connectivity index (χ1n) is 5.79. The van der Waals surface area contributed by atoms with Gasteiger partial charge in [0.05, 0.1) is 0 Å². The molecule has 0 radical (unpaired) electrons. The van der Waals surface area contributed by atoms with Gasteiger partial charge >= 0.3 is 12.2 Å². The molecule has 2 heterocycles. The monoisotopic (exact) mass is 251 g/mol. The second-order valence-corrected chi connectivity index (χ2v) is 4.75. The number of hydrogen-bond acceptors (Lipinski definition) is 2. The smallest absolute Gasteiger partial charge is 0.335 e. The minimum Gasteiger partial charge on any atom is -0.335 e. The molecule has 17 heavy (non-hydrogen) atoms. The van der Waals surface area contributed by atoms with Gasteiger partial charge in [-0.25, -0.2) is 4.79 Å². The van der Waals surface area contributed by atoms with Gasteiger partial charge in [0.25, 0.3) is 0 Å². The van der Waals surface area contributed by atoms with Crippen LogP contribution in [0.5, 0.6) is 0 Å². The average molecular weight is 251 g/mol. The van der Waals surface area contributed by atoms with Crippen LogP contribution in [-0.4, -0.2) is 36.9 Å². The minimum absolute atomic E-state index is 0.0121. The number of alkyl halides is 3. The van der Waals surface area contributed by atoms with Crippen LogP contribution in [0.15, 0.2) is 0 Å². The Morgan fingerprint density at radius 2 is 1.82 bits per heavy atom. The van der Waals surface area contributed by atoms with Crippen LogP contribution in [0.3, 0.4) is 0 Å². The summed E-state index contributed by atoms with van der Waals surface area (Å²) in [5, 5.41) is 7.82. The molecule has 0 aromatic carbocycles. The van der Waals surface area contributed by atoms with E-state index in [2.05, 4.69) is 10.6 Å². The Kier molecular flexibility index (Phi) is 3.46. The highest BCUT2D eigenvalue weighted by Crippen LogP contribution is 2.26. The lowest BCUT2D eigenvalue weighted by molar-refractivity contribution is -0.122. The van der Waals surface area contributed by atoms with Gasteiger partial charge in [0.1, 0.15) is 6.54 Å². The third-order valence-corrected chi connectivity index (χ3v) is 3.26. The fourth-order valence-electron chi connectivity index (χ4n) is 2.59. The second-order valence-electron chi connectivity index (χ2n) is 4.75. The van der Waals surface area contributed by atoms with Crippen LogP contribution in [0.1, 0.15) is 25.7 Å². The van der Waals surface area contributed by atoms with Crippen LogP contribution in [0, 0.1) is 0 Å². The summed E-state index contributed by atoms with van der Waals surface area (Å²) in [5.74, 6) is 0. The minimum atomic E-state index is -4.36. The zero-order valence-electron chi connectivity index (χ0n) is 9.31. The number of carbonyl (C=O) groups excluding carboxylic acids is 1. The largest absolute Gasteiger partial charge is 0.405 e. The van der Waals surface area contributed by atoms with Crippen LogP contribution >= 0.6 is 0 Å². The maximum absolute atomic E-state index is 11.9. The third-order valence-electron chi connectivity index (χ3n) is 3.26. The van der Waals surface area contributed by atoms with E-state index >= 15 is 0 Å². The van der Waals surface area contributed by atoms with Gasteiger partial charge in [0, 0.05) is 18.1 Å². The number of nitrogens with one attached hydrogen (secondary N) is 3. The van der Waals surface area contributed by atoms with Crippen LogP contribution in [0.4, 0.5) is 18.0 Å². The van der Waals surface area contributed by atoms with Crippen molar-refractivity contribution in [3.63, 3.8) is 0 Å². The molecule has 0 saturated carbocycles. The van der Waals surface area contributed by atoms with Gasteiger partial charge in [-0.1, -0.05) is 0 Å². The van der Waals surface area contributed by atoms with Crippen molar-refractivity contribution in [2.45, 2.75) is 50.0 Å². The number of hydrogen-bond donors (Lipinski definition) is 3. The molecule has 2 rings (SSSR count). The fourth-order valence-corrected chi connectivity index (χ4v) is 2.59. The van der Waals surface area contributed by atoms with Crippen molar-refractivity contribution in [1.82, 2.24) is 16.0 Å². The second kappa shape index (κ2) is 4.72. The summed E-state index contributed by atoms with van der Waals surface area (Å²) < 4.78 is 35.6. The van der Waals surface area contributed by atoms with E-state index in [4.69, 9.17) is 0 Å². The van der Waals surface area contributed by atoms with Crippen molar-refractivity contribution < 1.29 is 18.0 Å². The SMILES string of the molecule is O=C(NCC(F)(F)F)NC1CC2CCC(C1)N2. The molecule has 3 N–H and O–H groups in total. The molecule has 2 bridgehead atoms. The predicted molar refractivity (Wildman–Crippen MR) is 55.6 cm³/mol. The zero-order valence-corrected chi connectivity index (χ0v) is 9.31. The maximum atomic E-state index is 11.9. The van der Waals surface area contributed by atoms with Crippen LogP contribution in [0.2, 0.25) is 0 Å². The highest BCUT2D eigenvalue weighted by molar-refractivity contribution is 5.74. The molecule has 2 amide bonds. The maximum Gasteiger partial charge on any atom is 0.405 e. The lowest BCUT2D eigenvalue weighted by atomic mass is 10.0. The Morgan fingerprint density at radius 3 is 2.35 bits per heavy atom. The van der Waals surface area contributed by atoms with E-state index in [0.717, 1.165) is 25.7 Å². The fraction of sp³-hybridized carbons (Fsp3) is 0.900.